The topological polar surface area (TPSA) is 97.6 Å². The third-order valence-corrected chi connectivity index (χ3v) is 5.58. The molecule has 7 heteroatoms. The van der Waals surface area contributed by atoms with Crippen LogP contribution in [0.25, 0.3) is 56.7 Å². The second-order valence-corrected chi connectivity index (χ2v) is 7.82. The fourth-order valence-corrected chi connectivity index (χ4v) is 3.88. The summed E-state index contributed by atoms with van der Waals surface area (Å²) in [7, 11) is 0. The normalized spacial score (nSPS) is 11.5. The highest BCUT2D eigenvalue weighted by Crippen LogP contribution is 2.26. The van der Waals surface area contributed by atoms with Crippen LogP contribution in [-0.2, 0) is 0 Å². The Balaban J connectivity index is 1.33. The summed E-state index contributed by atoms with van der Waals surface area (Å²) < 4.78 is 6.07. The Bertz CT molecular complexity index is 1740. The Hall–Kier alpha value is -4.91. The molecule has 6 aromatic rings. The van der Waals surface area contributed by atoms with Crippen LogP contribution in [0, 0.1) is 0 Å². The summed E-state index contributed by atoms with van der Waals surface area (Å²) in [6.07, 6.45) is 3.97. The van der Waals surface area contributed by atoms with Crippen molar-refractivity contribution in [2.24, 2.45) is 0 Å². The van der Waals surface area contributed by atoms with Gasteiger partial charge in [-0.05, 0) is 58.5 Å². The standard InChI is InChI=1S/C27H17N5O2/c33-24-16-26(34-25-13-10-20(15-22(24)25)27-29-31-32-30-27)19-6-3-4-17(14-19)8-11-21-12-9-18-5-1-2-7-23(18)28-21/h1-16H,(H,29,30,31,32)/b11-8+. The maximum Gasteiger partial charge on any atom is 0.193 e. The van der Waals surface area contributed by atoms with Crippen LogP contribution in [0.5, 0.6) is 0 Å². The first-order valence-electron chi connectivity index (χ1n) is 10.7. The number of pyridine rings is 1. The van der Waals surface area contributed by atoms with Crippen molar-refractivity contribution in [1.82, 2.24) is 25.6 Å². The number of benzene rings is 3. The van der Waals surface area contributed by atoms with Gasteiger partial charge < -0.3 is 4.42 Å². The van der Waals surface area contributed by atoms with E-state index >= 15 is 0 Å². The molecule has 34 heavy (non-hydrogen) atoms. The van der Waals surface area contributed by atoms with E-state index in [9.17, 15) is 4.79 Å². The van der Waals surface area contributed by atoms with Gasteiger partial charge >= 0.3 is 0 Å². The lowest BCUT2D eigenvalue weighted by molar-refractivity contribution is 0.619. The zero-order valence-electron chi connectivity index (χ0n) is 17.8. The van der Waals surface area contributed by atoms with E-state index in [0.29, 0.717) is 28.1 Å². The summed E-state index contributed by atoms with van der Waals surface area (Å²) in [6, 6.07) is 26.7. The minimum Gasteiger partial charge on any atom is -0.456 e. The molecule has 0 bridgehead atoms. The van der Waals surface area contributed by atoms with Crippen molar-refractivity contribution in [3.63, 3.8) is 0 Å². The van der Waals surface area contributed by atoms with E-state index in [-0.39, 0.29) is 5.43 Å². The highest BCUT2D eigenvalue weighted by molar-refractivity contribution is 5.84. The summed E-state index contributed by atoms with van der Waals surface area (Å²) in [5.74, 6) is 0.997. The predicted molar refractivity (Wildman–Crippen MR) is 132 cm³/mol. The van der Waals surface area contributed by atoms with Gasteiger partial charge in [-0.3, -0.25) is 4.79 Å². The lowest BCUT2D eigenvalue weighted by Gasteiger charge is -2.05. The monoisotopic (exact) mass is 443 g/mol. The van der Waals surface area contributed by atoms with Gasteiger partial charge in [0.05, 0.1) is 16.6 Å². The van der Waals surface area contributed by atoms with Gasteiger partial charge in [0.15, 0.2) is 11.3 Å². The lowest BCUT2D eigenvalue weighted by Crippen LogP contribution is -2.01. The van der Waals surface area contributed by atoms with Gasteiger partial charge in [0.2, 0.25) is 0 Å². The van der Waals surface area contributed by atoms with E-state index in [2.05, 4.69) is 31.7 Å². The molecule has 0 aliphatic rings. The number of nitrogens with one attached hydrogen (secondary N) is 1. The molecule has 162 valence electrons. The van der Waals surface area contributed by atoms with E-state index in [1.54, 1.807) is 12.1 Å². The van der Waals surface area contributed by atoms with Crippen LogP contribution in [-0.4, -0.2) is 25.6 Å². The second kappa shape index (κ2) is 8.22. The molecule has 0 spiro atoms. The molecule has 7 nitrogen and oxygen atoms in total. The van der Waals surface area contributed by atoms with Crippen LogP contribution >= 0.6 is 0 Å². The Morgan fingerprint density at radius 2 is 1.76 bits per heavy atom. The minimum atomic E-state index is -0.133. The van der Waals surface area contributed by atoms with E-state index in [1.807, 2.05) is 72.8 Å². The van der Waals surface area contributed by atoms with Crippen molar-refractivity contribution in [3.8, 4) is 22.7 Å². The third-order valence-electron chi connectivity index (χ3n) is 5.58. The molecule has 0 aliphatic heterocycles. The fourth-order valence-electron chi connectivity index (χ4n) is 3.88. The molecular weight excluding hydrogens is 426 g/mol. The molecule has 0 amide bonds. The molecule has 3 aromatic heterocycles. The van der Waals surface area contributed by atoms with Gasteiger partial charge in [0, 0.05) is 22.6 Å². The molecule has 0 unspecified atom stereocenters. The number of tetrazole rings is 1. The maximum absolute atomic E-state index is 12.9. The Kier molecular flexibility index (Phi) is 4.77. The Morgan fingerprint density at radius 1 is 0.824 bits per heavy atom. The summed E-state index contributed by atoms with van der Waals surface area (Å²) in [5, 5.41) is 15.3. The van der Waals surface area contributed by atoms with Gasteiger partial charge in [-0.2, -0.15) is 0 Å². The van der Waals surface area contributed by atoms with Crippen LogP contribution in [0.15, 0.2) is 94.1 Å². The summed E-state index contributed by atoms with van der Waals surface area (Å²) in [5.41, 5.74) is 4.71. The molecular formula is C27H17N5O2. The SMILES string of the molecule is O=c1cc(-c2cccc(/C=C/c3ccc4ccccc4n3)c2)oc2ccc(-c3nnn[nH]3)cc12. The largest absolute Gasteiger partial charge is 0.456 e. The number of aromatic amines is 1. The highest BCUT2D eigenvalue weighted by atomic mass is 16.3. The average Bonchev–Trinajstić information content (AvgIpc) is 3.42. The molecule has 6 rings (SSSR count). The van der Waals surface area contributed by atoms with Crippen molar-refractivity contribution in [3.05, 3.63) is 106 Å². The molecule has 0 radical (unpaired) electrons. The van der Waals surface area contributed by atoms with Gasteiger partial charge in [-0.25, -0.2) is 10.1 Å². The summed E-state index contributed by atoms with van der Waals surface area (Å²) >= 11 is 0. The van der Waals surface area contributed by atoms with Crippen molar-refractivity contribution >= 4 is 34.0 Å². The number of rotatable bonds is 4. The third kappa shape index (κ3) is 3.75. The molecule has 0 fully saturated rings. The lowest BCUT2D eigenvalue weighted by atomic mass is 10.1. The summed E-state index contributed by atoms with van der Waals surface area (Å²) in [4.78, 5) is 17.5. The van der Waals surface area contributed by atoms with E-state index < -0.39 is 0 Å². The number of H-pyrrole nitrogens is 1. The van der Waals surface area contributed by atoms with Crippen LogP contribution in [0.2, 0.25) is 0 Å². The number of fused-ring (bicyclic) bond motifs is 2. The zero-order valence-corrected chi connectivity index (χ0v) is 17.8. The van der Waals surface area contributed by atoms with Gasteiger partial charge in [-0.15, -0.1) is 5.10 Å². The molecule has 1 N–H and O–H groups in total. The fraction of sp³-hybridized carbons (Fsp3) is 0. The first kappa shape index (κ1) is 19.8. The molecule has 3 aromatic carbocycles. The van der Waals surface area contributed by atoms with Gasteiger partial charge in [0.25, 0.3) is 0 Å². The van der Waals surface area contributed by atoms with Gasteiger partial charge in [-0.1, -0.05) is 48.5 Å². The number of aromatic nitrogens is 5. The summed E-state index contributed by atoms with van der Waals surface area (Å²) in [6.45, 7) is 0. The molecule has 0 saturated heterocycles. The quantitative estimate of drug-likeness (QED) is 0.394. The van der Waals surface area contributed by atoms with Crippen LogP contribution in [0.3, 0.4) is 0 Å². The van der Waals surface area contributed by atoms with E-state index in [0.717, 1.165) is 27.7 Å². The molecule has 0 atom stereocenters. The Morgan fingerprint density at radius 3 is 2.68 bits per heavy atom. The highest BCUT2D eigenvalue weighted by Gasteiger charge is 2.10. The molecule has 3 heterocycles. The first-order valence-corrected chi connectivity index (χ1v) is 10.7. The van der Waals surface area contributed by atoms with Crippen LogP contribution < -0.4 is 5.43 Å². The number of nitrogens with zero attached hydrogens (tertiary/aromatic N) is 4. The minimum absolute atomic E-state index is 0.133. The van der Waals surface area contributed by atoms with Crippen molar-refractivity contribution in [2.75, 3.05) is 0 Å². The number of hydrogen-bond donors (Lipinski definition) is 1. The number of hydrogen-bond acceptors (Lipinski definition) is 6. The van der Waals surface area contributed by atoms with Crippen molar-refractivity contribution in [2.45, 2.75) is 0 Å². The molecule has 0 aliphatic carbocycles. The van der Waals surface area contributed by atoms with E-state index in [4.69, 9.17) is 4.42 Å². The van der Waals surface area contributed by atoms with Crippen LogP contribution in [0.1, 0.15) is 11.3 Å². The Labute approximate surface area is 193 Å². The smallest absolute Gasteiger partial charge is 0.193 e. The zero-order chi connectivity index (χ0) is 22.9. The van der Waals surface area contributed by atoms with Gasteiger partial charge in [0.1, 0.15) is 11.3 Å². The second-order valence-electron chi connectivity index (χ2n) is 7.82. The average molecular weight is 443 g/mol. The molecule has 0 saturated carbocycles. The predicted octanol–water partition coefficient (Wildman–Crippen LogP) is 5.36. The van der Waals surface area contributed by atoms with Crippen molar-refractivity contribution in [1.29, 1.82) is 0 Å². The van der Waals surface area contributed by atoms with Crippen LogP contribution in [0.4, 0.5) is 0 Å². The number of para-hydroxylation sites is 1. The van der Waals surface area contributed by atoms with Crippen molar-refractivity contribution < 1.29 is 4.42 Å². The first-order chi connectivity index (χ1) is 16.7. The van der Waals surface area contributed by atoms with E-state index in [1.165, 1.54) is 6.07 Å². The maximum atomic E-state index is 12.9.